The quantitative estimate of drug-likeness (QED) is 0.874. The summed E-state index contributed by atoms with van der Waals surface area (Å²) >= 11 is 1.44. The minimum absolute atomic E-state index is 0.0836. The summed E-state index contributed by atoms with van der Waals surface area (Å²) in [5, 5.41) is 5.71. The van der Waals surface area contributed by atoms with Crippen molar-refractivity contribution in [1.29, 1.82) is 0 Å². The Hall–Kier alpha value is -1.76. The van der Waals surface area contributed by atoms with Crippen LogP contribution in [0.5, 0.6) is 0 Å². The van der Waals surface area contributed by atoms with E-state index in [9.17, 15) is 4.79 Å². The predicted octanol–water partition coefficient (Wildman–Crippen LogP) is 2.38. The number of piperidine rings is 1. The molecular formula is C18H24N4OS. The molecule has 6 heteroatoms. The van der Waals surface area contributed by atoms with Crippen molar-refractivity contribution < 1.29 is 4.79 Å². The van der Waals surface area contributed by atoms with Crippen LogP contribution in [0, 0.1) is 0 Å². The van der Waals surface area contributed by atoms with Gasteiger partial charge in [0, 0.05) is 37.1 Å². The molecule has 5 nitrogen and oxygen atoms in total. The molecule has 1 fully saturated rings. The lowest BCUT2D eigenvalue weighted by Crippen LogP contribution is -2.48. The van der Waals surface area contributed by atoms with Gasteiger partial charge in [0.2, 0.25) is 0 Å². The zero-order chi connectivity index (χ0) is 16.9. The molecule has 2 aromatic rings. The van der Waals surface area contributed by atoms with Crippen molar-refractivity contribution in [2.75, 3.05) is 6.54 Å². The van der Waals surface area contributed by atoms with Gasteiger partial charge in [0.1, 0.15) is 10.7 Å². The van der Waals surface area contributed by atoms with E-state index in [1.807, 2.05) is 6.07 Å². The Morgan fingerprint density at radius 1 is 1.42 bits per heavy atom. The summed E-state index contributed by atoms with van der Waals surface area (Å²) in [4.78, 5) is 19.0. The number of benzene rings is 1. The normalized spacial score (nSPS) is 21.6. The molecule has 0 bridgehead atoms. The van der Waals surface area contributed by atoms with Crippen LogP contribution in [0.4, 0.5) is 0 Å². The van der Waals surface area contributed by atoms with Gasteiger partial charge in [-0.15, -0.1) is 11.3 Å². The lowest BCUT2D eigenvalue weighted by Gasteiger charge is -2.38. The average Bonchev–Trinajstić information content (AvgIpc) is 3.08. The third-order valence-corrected chi connectivity index (χ3v) is 5.41. The SMILES string of the molecule is CC1CC(NC(=O)c2csc(CN)n2)CCN1Cc1ccccc1. The molecule has 3 N–H and O–H groups in total. The monoisotopic (exact) mass is 344 g/mol. The average molecular weight is 344 g/mol. The summed E-state index contributed by atoms with van der Waals surface area (Å²) in [6.07, 6.45) is 1.93. The van der Waals surface area contributed by atoms with Crippen LogP contribution in [0.15, 0.2) is 35.7 Å². The number of thiazole rings is 1. The summed E-state index contributed by atoms with van der Waals surface area (Å²) < 4.78 is 0. The molecule has 24 heavy (non-hydrogen) atoms. The van der Waals surface area contributed by atoms with E-state index in [0.29, 0.717) is 18.3 Å². The summed E-state index contributed by atoms with van der Waals surface area (Å²) in [7, 11) is 0. The minimum atomic E-state index is -0.0836. The van der Waals surface area contributed by atoms with Gasteiger partial charge in [0.25, 0.3) is 5.91 Å². The highest BCUT2D eigenvalue weighted by molar-refractivity contribution is 7.09. The number of hydrogen-bond donors (Lipinski definition) is 2. The fourth-order valence-electron chi connectivity index (χ4n) is 3.17. The van der Waals surface area contributed by atoms with Crippen LogP contribution in [0.25, 0.3) is 0 Å². The van der Waals surface area contributed by atoms with E-state index in [4.69, 9.17) is 5.73 Å². The lowest BCUT2D eigenvalue weighted by molar-refractivity contribution is 0.0862. The molecule has 0 radical (unpaired) electrons. The standard InChI is InChI=1S/C18H24N4OS/c1-13-9-15(20-18(23)16-12-24-17(10-19)21-16)7-8-22(13)11-14-5-3-2-4-6-14/h2-6,12-13,15H,7-11,19H2,1H3,(H,20,23). The number of nitrogens with two attached hydrogens (primary N) is 1. The summed E-state index contributed by atoms with van der Waals surface area (Å²) in [5.74, 6) is -0.0836. The van der Waals surface area contributed by atoms with Gasteiger partial charge < -0.3 is 11.1 Å². The highest BCUT2D eigenvalue weighted by Gasteiger charge is 2.27. The Bertz CT molecular complexity index is 673. The molecule has 128 valence electrons. The maximum absolute atomic E-state index is 12.3. The number of nitrogens with one attached hydrogen (secondary N) is 1. The number of carbonyl (C=O) groups excluding carboxylic acids is 1. The van der Waals surface area contributed by atoms with Gasteiger partial charge in [-0.2, -0.15) is 0 Å². The number of rotatable bonds is 5. The number of hydrogen-bond acceptors (Lipinski definition) is 5. The predicted molar refractivity (Wildman–Crippen MR) is 96.8 cm³/mol. The van der Waals surface area contributed by atoms with Crippen LogP contribution in [0.1, 0.15) is 40.8 Å². The Labute approximate surface area is 146 Å². The van der Waals surface area contributed by atoms with Gasteiger partial charge in [0.15, 0.2) is 0 Å². The highest BCUT2D eigenvalue weighted by Crippen LogP contribution is 2.20. The van der Waals surface area contributed by atoms with Crippen molar-refractivity contribution >= 4 is 17.2 Å². The second-order valence-electron chi connectivity index (χ2n) is 6.33. The molecule has 2 unspecified atom stereocenters. The van der Waals surface area contributed by atoms with E-state index in [2.05, 4.69) is 46.4 Å². The first-order valence-electron chi connectivity index (χ1n) is 8.39. The summed E-state index contributed by atoms with van der Waals surface area (Å²) in [5.41, 5.74) is 7.38. The van der Waals surface area contributed by atoms with E-state index >= 15 is 0 Å². The third-order valence-electron chi connectivity index (χ3n) is 4.54. The molecule has 0 saturated carbocycles. The van der Waals surface area contributed by atoms with Gasteiger partial charge in [-0.3, -0.25) is 9.69 Å². The molecule has 2 heterocycles. The Morgan fingerprint density at radius 2 is 2.21 bits per heavy atom. The van der Waals surface area contributed by atoms with Crippen LogP contribution in [0.3, 0.4) is 0 Å². The Morgan fingerprint density at radius 3 is 2.88 bits per heavy atom. The largest absolute Gasteiger partial charge is 0.348 e. The van der Waals surface area contributed by atoms with Crippen molar-refractivity contribution in [3.8, 4) is 0 Å². The van der Waals surface area contributed by atoms with Gasteiger partial charge in [-0.25, -0.2) is 4.98 Å². The number of carbonyl (C=O) groups is 1. The second kappa shape index (κ2) is 7.88. The van der Waals surface area contributed by atoms with Gasteiger partial charge >= 0.3 is 0 Å². The first kappa shape index (κ1) is 17.1. The molecule has 0 aliphatic carbocycles. The topological polar surface area (TPSA) is 71.2 Å². The van der Waals surface area contributed by atoms with E-state index < -0.39 is 0 Å². The molecule has 1 aliphatic heterocycles. The van der Waals surface area contributed by atoms with Crippen LogP contribution in [-0.2, 0) is 13.1 Å². The van der Waals surface area contributed by atoms with Gasteiger partial charge in [-0.1, -0.05) is 30.3 Å². The van der Waals surface area contributed by atoms with Gasteiger partial charge in [-0.05, 0) is 25.3 Å². The van der Waals surface area contributed by atoms with Crippen molar-refractivity contribution in [3.05, 3.63) is 52.0 Å². The molecule has 0 spiro atoms. The molecule has 1 aliphatic rings. The Balaban J connectivity index is 1.52. The van der Waals surface area contributed by atoms with Crippen molar-refractivity contribution in [3.63, 3.8) is 0 Å². The van der Waals surface area contributed by atoms with Gasteiger partial charge in [0.05, 0.1) is 0 Å². The molecule has 1 amide bonds. The van der Waals surface area contributed by atoms with E-state index in [-0.39, 0.29) is 11.9 Å². The van der Waals surface area contributed by atoms with Crippen molar-refractivity contribution in [2.24, 2.45) is 5.73 Å². The minimum Gasteiger partial charge on any atom is -0.348 e. The van der Waals surface area contributed by atoms with Crippen molar-refractivity contribution in [1.82, 2.24) is 15.2 Å². The van der Waals surface area contributed by atoms with E-state index in [1.54, 1.807) is 5.38 Å². The Kier molecular flexibility index (Phi) is 5.60. The van der Waals surface area contributed by atoms with E-state index in [1.165, 1.54) is 16.9 Å². The summed E-state index contributed by atoms with van der Waals surface area (Å²) in [6.45, 7) is 4.57. The zero-order valence-corrected chi connectivity index (χ0v) is 14.8. The third kappa shape index (κ3) is 4.20. The molecule has 1 saturated heterocycles. The zero-order valence-electron chi connectivity index (χ0n) is 13.9. The molecular weight excluding hydrogens is 320 g/mol. The smallest absolute Gasteiger partial charge is 0.270 e. The second-order valence-corrected chi connectivity index (χ2v) is 7.27. The van der Waals surface area contributed by atoms with Crippen LogP contribution >= 0.6 is 11.3 Å². The molecule has 3 rings (SSSR count). The van der Waals surface area contributed by atoms with Crippen LogP contribution in [0.2, 0.25) is 0 Å². The summed E-state index contributed by atoms with van der Waals surface area (Å²) in [6, 6.07) is 11.2. The fourth-order valence-corrected chi connectivity index (χ4v) is 3.83. The number of likely N-dealkylation sites (tertiary alicyclic amines) is 1. The number of nitrogens with zero attached hydrogens (tertiary/aromatic N) is 2. The maximum atomic E-state index is 12.3. The molecule has 2 atom stereocenters. The number of aromatic nitrogens is 1. The molecule has 1 aromatic heterocycles. The van der Waals surface area contributed by atoms with Crippen LogP contribution in [-0.4, -0.2) is 34.4 Å². The van der Waals surface area contributed by atoms with E-state index in [0.717, 1.165) is 30.9 Å². The molecule has 1 aromatic carbocycles. The van der Waals surface area contributed by atoms with Crippen molar-refractivity contribution in [2.45, 2.75) is 44.9 Å². The first-order chi connectivity index (χ1) is 11.7. The fraction of sp³-hybridized carbons (Fsp3) is 0.444. The number of amides is 1. The lowest BCUT2D eigenvalue weighted by atomic mass is 9.97. The highest BCUT2D eigenvalue weighted by atomic mass is 32.1. The van der Waals surface area contributed by atoms with Crippen LogP contribution < -0.4 is 11.1 Å². The first-order valence-corrected chi connectivity index (χ1v) is 9.27. The maximum Gasteiger partial charge on any atom is 0.270 e.